The first-order valence-electron chi connectivity index (χ1n) is 7.62. The summed E-state index contributed by atoms with van der Waals surface area (Å²) in [6.07, 6.45) is 2.12. The zero-order valence-corrected chi connectivity index (χ0v) is 15.9. The highest BCUT2D eigenvalue weighted by Gasteiger charge is 2.38. The Balaban J connectivity index is 2.62. The van der Waals surface area contributed by atoms with Crippen molar-refractivity contribution in [2.45, 2.75) is 56.2 Å². The Bertz CT molecular complexity index is 485. The first-order valence-corrected chi connectivity index (χ1v) is 8.70. The highest BCUT2D eigenvalue weighted by atomic mass is 127. The van der Waals surface area contributed by atoms with Crippen LogP contribution in [0.25, 0.3) is 0 Å². The van der Waals surface area contributed by atoms with Crippen LogP contribution in [0.1, 0.15) is 46.5 Å². The number of carbonyl (C=O) groups excluding carboxylic acids is 3. The van der Waals surface area contributed by atoms with Gasteiger partial charge in [0.05, 0.1) is 12.5 Å². The molecule has 1 saturated heterocycles. The van der Waals surface area contributed by atoms with Crippen LogP contribution in [0, 0.1) is 5.92 Å². The smallest absolute Gasteiger partial charge is 0.361 e. The number of halogens is 1. The van der Waals surface area contributed by atoms with Crippen LogP contribution in [0.4, 0.5) is 0 Å². The Labute approximate surface area is 150 Å². The molecule has 1 rings (SSSR count). The predicted molar refractivity (Wildman–Crippen MR) is 91.8 cm³/mol. The van der Waals surface area contributed by atoms with Gasteiger partial charge in [0, 0.05) is 5.57 Å². The molecule has 23 heavy (non-hydrogen) atoms. The fourth-order valence-electron chi connectivity index (χ4n) is 2.13. The minimum Gasteiger partial charge on any atom is -0.465 e. The normalized spacial score (nSPS) is 21.6. The lowest BCUT2D eigenvalue weighted by Crippen LogP contribution is -2.39. The second-order valence-corrected chi connectivity index (χ2v) is 7.82. The fourth-order valence-corrected chi connectivity index (χ4v) is 2.45. The van der Waals surface area contributed by atoms with E-state index in [1.54, 1.807) is 22.6 Å². The zero-order chi connectivity index (χ0) is 17.6. The van der Waals surface area contributed by atoms with E-state index < -0.39 is 21.7 Å². The van der Waals surface area contributed by atoms with Crippen molar-refractivity contribution in [1.82, 2.24) is 0 Å². The van der Waals surface area contributed by atoms with Crippen LogP contribution in [0.15, 0.2) is 12.2 Å². The monoisotopic (exact) mass is 438 g/mol. The summed E-state index contributed by atoms with van der Waals surface area (Å²) in [6.45, 7) is 8.77. The molecule has 0 amide bonds. The molecular weight excluding hydrogens is 415 g/mol. The molecule has 1 aliphatic heterocycles. The van der Waals surface area contributed by atoms with Gasteiger partial charge in [-0.25, -0.2) is 9.59 Å². The van der Waals surface area contributed by atoms with E-state index in [9.17, 15) is 14.4 Å². The van der Waals surface area contributed by atoms with Crippen LogP contribution in [0.2, 0.25) is 0 Å². The molecule has 3 atom stereocenters. The number of hydrogen-bond acceptors (Lipinski definition) is 6. The Morgan fingerprint density at radius 2 is 2.17 bits per heavy atom. The molecule has 1 heterocycles. The van der Waals surface area contributed by atoms with Gasteiger partial charge in [0.2, 0.25) is 0 Å². The maximum Gasteiger partial charge on any atom is 0.361 e. The summed E-state index contributed by atoms with van der Waals surface area (Å²) in [4.78, 5) is 35.6. The summed E-state index contributed by atoms with van der Waals surface area (Å²) in [5, 5.41) is 0. The number of alkyl halides is 1. The van der Waals surface area contributed by atoms with E-state index in [-0.39, 0.29) is 17.5 Å². The highest BCUT2D eigenvalue weighted by molar-refractivity contribution is 14.1. The maximum absolute atomic E-state index is 12.3. The minimum atomic E-state index is -1.44. The molecule has 0 bridgehead atoms. The summed E-state index contributed by atoms with van der Waals surface area (Å²) in [7, 11) is 0. The topological polar surface area (TPSA) is 78.9 Å². The van der Waals surface area contributed by atoms with Crippen molar-refractivity contribution in [3.63, 3.8) is 0 Å². The average Bonchev–Trinajstić information content (AvgIpc) is 2.47. The van der Waals surface area contributed by atoms with E-state index >= 15 is 0 Å². The fraction of sp³-hybridized carbons (Fsp3) is 0.688. The third-order valence-corrected chi connectivity index (χ3v) is 4.21. The molecule has 0 aromatic rings. The summed E-state index contributed by atoms with van der Waals surface area (Å²) in [6, 6.07) is 0. The van der Waals surface area contributed by atoms with E-state index in [0.29, 0.717) is 19.4 Å². The van der Waals surface area contributed by atoms with Gasteiger partial charge < -0.3 is 14.2 Å². The highest BCUT2D eigenvalue weighted by Crippen LogP contribution is 2.27. The summed E-state index contributed by atoms with van der Waals surface area (Å²) < 4.78 is 14.1. The lowest BCUT2D eigenvalue weighted by atomic mass is 9.94. The molecule has 3 unspecified atom stereocenters. The largest absolute Gasteiger partial charge is 0.465 e. The van der Waals surface area contributed by atoms with Crippen molar-refractivity contribution in [3.05, 3.63) is 12.2 Å². The Morgan fingerprint density at radius 1 is 1.52 bits per heavy atom. The summed E-state index contributed by atoms with van der Waals surface area (Å²) in [5.41, 5.74) is 0.206. The van der Waals surface area contributed by atoms with Crippen LogP contribution in [-0.4, -0.2) is 34.2 Å². The van der Waals surface area contributed by atoms with Crippen molar-refractivity contribution in [2.24, 2.45) is 5.92 Å². The predicted octanol–water partition coefficient (Wildman–Crippen LogP) is 2.92. The lowest BCUT2D eigenvalue weighted by Gasteiger charge is -2.27. The molecule has 0 aromatic heterocycles. The molecule has 7 heteroatoms. The molecule has 130 valence electrons. The molecule has 6 nitrogen and oxygen atoms in total. The SMILES string of the molecule is C=C(C)C(=O)OC(C)(I)C(=O)OC(CC)CC1CCCOC1=O. The number of carbonyl (C=O) groups is 3. The van der Waals surface area contributed by atoms with Crippen molar-refractivity contribution in [1.29, 1.82) is 0 Å². The van der Waals surface area contributed by atoms with Crippen molar-refractivity contribution in [2.75, 3.05) is 6.61 Å². The van der Waals surface area contributed by atoms with Crippen LogP contribution < -0.4 is 0 Å². The van der Waals surface area contributed by atoms with Crippen LogP contribution in [-0.2, 0) is 28.6 Å². The van der Waals surface area contributed by atoms with Gasteiger partial charge in [0.15, 0.2) is 0 Å². The maximum atomic E-state index is 12.3. The third-order valence-electron chi connectivity index (χ3n) is 3.55. The molecule has 1 aliphatic rings. The number of rotatable bonds is 7. The first kappa shape index (κ1) is 19.9. The van der Waals surface area contributed by atoms with Crippen molar-refractivity contribution >= 4 is 40.5 Å². The Hall–Kier alpha value is -1.12. The molecule has 0 spiro atoms. The van der Waals surface area contributed by atoms with Gasteiger partial charge in [-0.3, -0.25) is 4.79 Å². The van der Waals surface area contributed by atoms with E-state index in [2.05, 4.69) is 6.58 Å². The van der Waals surface area contributed by atoms with Crippen LogP contribution in [0.3, 0.4) is 0 Å². The van der Waals surface area contributed by atoms with Gasteiger partial charge >= 0.3 is 17.9 Å². The first-order chi connectivity index (χ1) is 10.7. The minimum absolute atomic E-state index is 0.206. The second kappa shape index (κ2) is 8.65. The lowest BCUT2D eigenvalue weighted by molar-refractivity contribution is -0.172. The number of hydrogen-bond donors (Lipinski definition) is 0. The van der Waals surface area contributed by atoms with Crippen molar-refractivity contribution in [3.8, 4) is 0 Å². The van der Waals surface area contributed by atoms with Gasteiger partial charge in [-0.05, 0) is 62.1 Å². The number of ether oxygens (including phenoxy) is 3. The molecule has 0 saturated carbocycles. The summed E-state index contributed by atoms with van der Waals surface area (Å²) in [5.74, 6) is -1.79. The third kappa shape index (κ3) is 6.12. The summed E-state index contributed by atoms with van der Waals surface area (Å²) >= 11 is 1.72. The molecule has 0 radical (unpaired) electrons. The van der Waals surface area contributed by atoms with Gasteiger partial charge in [-0.15, -0.1) is 0 Å². The van der Waals surface area contributed by atoms with Crippen LogP contribution in [0.5, 0.6) is 0 Å². The Morgan fingerprint density at radius 3 is 2.70 bits per heavy atom. The quantitative estimate of drug-likeness (QED) is 0.200. The molecular formula is C16H23IO6. The average molecular weight is 438 g/mol. The molecule has 1 fully saturated rings. The van der Waals surface area contributed by atoms with Crippen molar-refractivity contribution < 1.29 is 28.6 Å². The van der Waals surface area contributed by atoms with E-state index in [4.69, 9.17) is 14.2 Å². The molecule has 0 aliphatic carbocycles. The Kier molecular flexibility index (Phi) is 7.50. The molecule has 0 N–H and O–H groups in total. The number of esters is 3. The van der Waals surface area contributed by atoms with Gasteiger partial charge in [-0.1, -0.05) is 13.5 Å². The van der Waals surface area contributed by atoms with E-state index in [1.165, 1.54) is 13.8 Å². The van der Waals surface area contributed by atoms with E-state index in [0.717, 1.165) is 12.8 Å². The molecule has 0 aromatic carbocycles. The van der Waals surface area contributed by atoms with Gasteiger partial charge in [0.25, 0.3) is 3.61 Å². The number of cyclic esters (lactones) is 1. The second-order valence-electron chi connectivity index (χ2n) is 5.76. The van der Waals surface area contributed by atoms with Crippen LogP contribution >= 0.6 is 22.6 Å². The van der Waals surface area contributed by atoms with E-state index in [1.807, 2.05) is 6.92 Å². The zero-order valence-electron chi connectivity index (χ0n) is 13.7. The standard InChI is InChI=1S/C16H23IO6/c1-5-12(9-11-7-6-8-21-14(11)19)22-15(20)16(4,17)23-13(18)10(2)3/h11-12H,2,5-9H2,1,3-4H3. The van der Waals surface area contributed by atoms with Gasteiger partial charge in [-0.2, -0.15) is 0 Å². The van der Waals surface area contributed by atoms with Gasteiger partial charge in [0.1, 0.15) is 6.10 Å².